The first-order chi connectivity index (χ1) is 11.1. The van der Waals surface area contributed by atoms with Gasteiger partial charge in [0.15, 0.2) is 0 Å². The molecule has 140 valence electrons. The first kappa shape index (κ1) is 24.7. The first-order valence-corrected chi connectivity index (χ1v) is 15.9. The van der Waals surface area contributed by atoms with Crippen LogP contribution in [-0.2, 0) is 24.9 Å². The summed E-state index contributed by atoms with van der Waals surface area (Å²) in [4.78, 5) is 0. The summed E-state index contributed by atoms with van der Waals surface area (Å²) in [7, 11) is -6.90. The van der Waals surface area contributed by atoms with Crippen molar-refractivity contribution in [1.29, 1.82) is 0 Å². The molecule has 0 saturated heterocycles. The van der Waals surface area contributed by atoms with Crippen LogP contribution < -0.4 is 4.18 Å². The first-order valence-electron chi connectivity index (χ1n) is 5.45. The Kier molecular flexibility index (Phi) is 8.05. The van der Waals surface area contributed by atoms with Gasteiger partial charge in [-0.2, -0.15) is 66.1 Å². The second-order valence-corrected chi connectivity index (χ2v) is 5.53. The zero-order valence-electron chi connectivity index (χ0n) is 11.4. The van der Waals surface area contributed by atoms with Crippen molar-refractivity contribution in [2.45, 2.75) is 23.3 Å². The van der Waals surface area contributed by atoms with E-state index in [4.69, 9.17) is 0 Å². The van der Waals surface area contributed by atoms with Crippen molar-refractivity contribution in [1.82, 2.24) is 0 Å². The molecule has 0 N–H and O–H groups in total. The quantitative estimate of drug-likeness (QED) is 0.173. The van der Waals surface area contributed by atoms with Gasteiger partial charge in [0, 0.05) is 5.75 Å². The molecule has 0 heterocycles. The molecule has 1 aromatic carbocycles. The molecule has 0 amide bonds. The van der Waals surface area contributed by atoms with Gasteiger partial charge in [0.05, 0.1) is 0 Å². The van der Waals surface area contributed by atoms with Gasteiger partial charge >= 0.3 is 67.9 Å². The van der Waals surface area contributed by atoms with Gasteiger partial charge in [0.1, 0.15) is 0 Å². The number of halogens is 10. The maximum atomic E-state index is 13.2. The normalized spacial score (nSPS) is 13.8. The fourth-order valence-electron chi connectivity index (χ4n) is 1.13. The summed E-state index contributed by atoms with van der Waals surface area (Å²) < 4.78 is 139. The van der Waals surface area contributed by atoms with Gasteiger partial charge in [-0.3, -0.25) is 0 Å². The van der Waals surface area contributed by atoms with Crippen molar-refractivity contribution in [3.05, 3.63) is 30.3 Å². The zero-order chi connectivity index (χ0) is 20.3. The van der Waals surface area contributed by atoms with Crippen LogP contribution in [0, 0.1) is 6.07 Å². The summed E-state index contributed by atoms with van der Waals surface area (Å²) in [6.45, 7) is 0. The standard InChI is InChI=1S/C10H4F9O3S.HI.Zn/c11-7(12,9(15,16)17)8(13,14)10(18,19)23(20,21)22-6-4-2-1-3-5-6;;/h1-2,4-5H;1H;/q-1;;+2/p-1. The molecule has 0 aliphatic rings. The SMILES string of the molecule is O=S(=O)(Oc1c[c-]ccc1)C(F)(F)C(F)(F)C(F)(F)C(F)(F)F.[Zn+][I]. The zero-order valence-corrected chi connectivity index (χ0v) is 17.4. The number of hydrogen-bond acceptors (Lipinski definition) is 3. The van der Waals surface area contributed by atoms with E-state index in [1.807, 2.05) is 0 Å². The molecule has 0 spiro atoms. The van der Waals surface area contributed by atoms with Crippen LogP contribution in [0.1, 0.15) is 0 Å². The Bertz CT molecular complexity index is 664. The van der Waals surface area contributed by atoms with Gasteiger partial charge in [-0.1, -0.05) is 0 Å². The van der Waals surface area contributed by atoms with Crippen LogP contribution in [0.4, 0.5) is 39.5 Å². The van der Waals surface area contributed by atoms with E-state index in [1.54, 1.807) is 0 Å². The van der Waals surface area contributed by atoms with Gasteiger partial charge in [-0.25, -0.2) is 0 Å². The molecule has 0 aliphatic carbocycles. The van der Waals surface area contributed by atoms with E-state index in [-0.39, 0.29) is 0 Å². The average Bonchev–Trinajstić information content (AvgIpc) is 2.48. The van der Waals surface area contributed by atoms with E-state index >= 15 is 0 Å². The summed E-state index contributed by atoms with van der Waals surface area (Å²) >= 11 is 3.62. The number of benzene rings is 1. The van der Waals surface area contributed by atoms with E-state index in [0.29, 0.717) is 12.1 Å². The molecule has 1 aromatic rings. The van der Waals surface area contributed by atoms with Crippen molar-refractivity contribution in [3.8, 4) is 5.75 Å². The van der Waals surface area contributed by atoms with Gasteiger partial charge in [-0.15, -0.1) is 12.1 Å². The molecule has 1 rings (SSSR count). The molecule has 0 atom stereocenters. The Morgan fingerprint density at radius 3 is 1.80 bits per heavy atom. The van der Waals surface area contributed by atoms with Crippen LogP contribution >= 0.6 is 19.8 Å². The number of alkyl halides is 9. The van der Waals surface area contributed by atoms with E-state index in [2.05, 4.69) is 30.0 Å². The minimum absolute atomic E-state index is 0.549. The predicted molar refractivity (Wildman–Crippen MR) is 69.7 cm³/mol. The summed E-state index contributed by atoms with van der Waals surface area (Å²) in [6.07, 6.45) is -7.13. The third kappa shape index (κ3) is 4.70. The van der Waals surface area contributed by atoms with Crippen molar-refractivity contribution < 1.29 is 66.9 Å². The van der Waals surface area contributed by atoms with Crippen LogP contribution in [-0.4, -0.2) is 31.7 Å². The van der Waals surface area contributed by atoms with Gasteiger partial charge in [0.25, 0.3) is 0 Å². The van der Waals surface area contributed by atoms with Crippen LogP contribution in [0.3, 0.4) is 0 Å². The molecule has 0 fully saturated rings. The molecule has 15 heteroatoms. The van der Waals surface area contributed by atoms with Crippen molar-refractivity contribution >= 4 is 29.9 Å². The monoisotopic (exact) mass is 566 g/mol. The Hall–Kier alpha value is -0.307. The Morgan fingerprint density at radius 2 is 1.44 bits per heavy atom. The maximum absolute atomic E-state index is 13.2. The fraction of sp³-hybridized carbons (Fsp3) is 0.400. The van der Waals surface area contributed by atoms with Crippen molar-refractivity contribution in [2.24, 2.45) is 0 Å². The van der Waals surface area contributed by atoms with Gasteiger partial charge in [0.2, 0.25) is 0 Å². The van der Waals surface area contributed by atoms with Crippen LogP contribution in [0.2, 0.25) is 0 Å². The number of rotatable bonds is 5. The summed E-state index contributed by atoms with van der Waals surface area (Å²) in [5.41, 5.74) is 0. The van der Waals surface area contributed by atoms with Gasteiger partial charge in [-0.05, 0) is 0 Å². The van der Waals surface area contributed by atoms with E-state index < -0.39 is 39.1 Å². The summed E-state index contributed by atoms with van der Waals surface area (Å²) in [5.74, 6) is -15.7. The second-order valence-electron chi connectivity index (χ2n) is 3.94. The number of hydrogen-bond donors (Lipinski definition) is 0. The van der Waals surface area contributed by atoms with Crippen LogP contribution in [0.5, 0.6) is 5.75 Å². The summed E-state index contributed by atoms with van der Waals surface area (Å²) in [5, 5.41) is -6.88. The van der Waals surface area contributed by atoms with E-state index in [0.717, 1.165) is 12.1 Å². The third-order valence-corrected chi connectivity index (χ3v) is 3.61. The van der Waals surface area contributed by atoms with Gasteiger partial charge < -0.3 is 4.18 Å². The molecule has 3 nitrogen and oxygen atoms in total. The fourth-order valence-corrected chi connectivity index (χ4v) is 2.03. The average molecular weight is 567 g/mol. The Morgan fingerprint density at radius 1 is 0.960 bits per heavy atom. The topological polar surface area (TPSA) is 43.4 Å². The predicted octanol–water partition coefficient (Wildman–Crippen LogP) is 4.50. The minimum atomic E-state index is -7.33. The van der Waals surface area contributed by atoms with Crippen LogP contribution in [0.25, 0.3) is 0 Å². The molecule has 0 radical (unpaired) electrons. The molecule has 25 heavy (non-hydrogen) atoms. The van der Waals surface area contributed by atoms with Crippen molar-refractivity contribution in [3.63, 3.8) is 0 Å². The molecule has 0 aromatic heterocycles. The molecule has 0 saturated carbocycles. The Balaban J connectivity index is 0.00000277. The molecular weight excluding hydrogens is 563 g/mol. The van der Waals surface area contributed by atoms with E-state index in [9.17, 15) is 47.9 Å². The summed E-state index contributed by atoms with van der Waals surface area (Å²) in [6, 6.07) is 5.32. The van der Waals surface area contributed by atoms with E-state index in [1.165, 1.54) is 14.8 Å². The molecule has 0 bridgehead atoms. The third-order valence-electron chi connectivity index (χ3n) is 2.31. The molecule has 0 unspecified atom stereocenters. The molecule has 0 aliphatic heterocycles. The second kappa shape index (κ2) is 8.15. The molecular formula is C10H4F9IO3SZn. The Labute approximate surface area is 155 Å². The van der Waals surface area contributed by atoms with Crippen LogP contribution in [0.15, 0.2) is 24.3 Å². The van der Waals surface area contributed by atoms with Crippen molar-refractivity contribution in [2.75, 3.05) is 0 Å².